The molecule has 1 saturated heterocycles. The Morgan fingerprint density at radius 3 is 2.12 bits per heavy atom. The van der Waals surface area contributed by atoms with Gasteiger partial charge in [0.1, 0.15) is 6.10 Å². The van der Waals surface area contributed by atoms with E-state index in [9.17, 15) is 10.0 Å². The fourth-order valence-corrected chi connectivity index (χ4v) is 2.47. The van der Waals surface area contributed by atoms with Crippen LogP contribution in [0.5, 0.6) is 0 Å². The highest BCUT2D eigenvalue weighted by molar-refractivity contribution is 5.81. The minimum atomic E-state index is -0.506. The molecule has 0 saturated carbocycles. The van der Waals surface area contributed by atoms with Crippen LogP contribution < -0.4 is 0 Å². The van der Waals surface area contributed by atoms with Gasteiger partial charge in [-0.15, -0.1) is 10.3 Å². The molecule has 0 amide bonds. The van der Waals surface area contributed by atoms with Gasteiger partial charge in [0.05, 0.1) is 0 Å². The van der Waals surface area contributed by atoms with Crippen LogP contribution in [0.4, 0.5) is 0 Å². The third-order valence-electron chi connectivity index (χ3n) is 3.00. The summed E-state index contributed by atoms with van der Waals surface area (Å²) in [5.74, 6) is -0.420. The van der Waals surface area contributed by atoms with E-state index >= 15 is 0 Å². The van der Waals surface area contributed by atoms with Crippen molar-refractivity contribution in [3.05, 3.63) is 12.7 Å². The van der Waals surface area contributed by atoms with Gasteiger partial charge < -0.3 is 4.74 Å². The Morgan fingerprint density at radius 2 is 1.75 bits per heavy atom. The second-order valence-electron chi connectivity index (χ2n) is 5.59. The minimum Gasteiger partial charge on any atom is -0.459 e. The molecule has 4 heteroatoms. The van der Waals surface area contributed by atoms with Crippen LogP contribution in [0.2, 0.25) is 0 Å². The summed E-state index contributed by atoms with van der Waals surface area (Å²) in [6.45, 7) is 10.8. The molecule has 0 aromatic carbocycles. The lowest BCUT2D eigenvalue weighted by Crippen LogP contribution is -2.60. The average molecular weight is 226 g/mol. The maximum atomic E-state index is 12.0. The molecule has 0 N–H and O–H groups in total. The molecule has 1 aliphatic heterocycles. The maximum absolute atomic E-state index is 12.0. The molecule has 1 fully saturated rings. The van der Waals surface area contributed by atoms with Gasteiger partial charge in [-0.05, 0) is 27.7 Å². The lowest BCUT2D eigenvalue weighted by atomic mass is 9.80. The first-order valence-corrected chi connectivity index (χ1v) is 5.49. The molecule has 1 heterocycles. The SMILES string of the molecule is C=CC(=O)OC1CC(C)(C)N([O])C(C)(C)C1. The van der Waals surface area contributed by atoms with E-state index in [1.165, 1.54) is 0 Å². The highest BCUT2D eigenvalue weighted by Crippen LogP contribution is 2.38. The standard InChI is InChI=1S/C12H20NO3/c1-6-10(14)16-9-7-11(2,3)13(15)12(4,5)8-9/h6,9H,1,7-8H2,2-5H3. The van der Waals surface area contributed by atoms with Crippen molar-refractivity contribution in [1.29, 1.82) is 0 Å². The van der Waals surface area contributed by atoms with Crippen LogP contribution in [0.15, 0.2) is 12.7 Å². The molecule has 0 bridgehead atoms. The van der Waals surface area contributed by atoms with Crippen LogP contribution in [-0.2, 0) is 14.7 Å². The second-order valence-corrected chi connectivity index (χ2v) is 5.59. The zero-order chi connectivity index (χ0) is 12.6. The average Bonchev–Trinajstić information content (AvgIpc) is 2.13. The van der Waals surface area contributed by atoms with Crippen molar-refractivity contribution < 1.29 is 14.7 Å². The van der Waals surface area contributed by atoms with Crippen molar-refractivity contribution in [1.82, 2.24) is 5.06 Å². The number of carbonyl (C=O) groups excluding carboxylic acids is 1. The van der Waals surface area contributed by atoms with Crippen molar-refractivity contribution in [2.75, 3.05) is 0 Å². The van der Waals surface area contributed by atoms with Crippen molar-refractivity contribution in [3.8, 4) is 0 Å². The number of hydrogen-bond donors (Lipinski definition) is 0. The van der Waals surface area contributed by atoms with Gasteiger partial charge in [-0.3, -0.25) is 0 Å². The fourth-order valence-electron chi connectivity index (χ4n) is 2.47. The molecule has 0 aromatic heterocycles. The molecule has 1 aliphatic rings. The first kappa shape index (κ1) is 13.2. The van der Waals surface area contributed by atoms with Gasteiger partial charge in [0.15, 0.2) is 0 Å². The third kappa shape index (κ3) is 2.62. The van der Waals surface area contributed by atoms with Gasteiger partial charge in [-0.25, -0.2) is 4.79 Å². The number of ether oxygens (including phenoxy) is 1. The molecule has 0 atom stereocenters. The topological polar surface area (TPSA) is 49.4 Å². The molecular weight excluding hydrogens is 206 g/mol. The summed E-state index contributed by atoms with van der Waals surface area (Å²) in [6.07, 6.45) is 2.06. The van der Waals surface area contributed by atoms with Crippen LogP contribution >= 0.6 is 0 Å². The summed E-state index contributed by atoms with van der Waals surface area (Å²) in [4.78, 5) is 11.2. The first-order chi connectivity index (χ1) is 7.19. The van der Waals surface area contributed by atoms with E-state index in [0.717, 1.165) is 11.1 Å². The minimum absolute atomic E-state index is 0.208. The first-order valence-electron chi connectivity index (χ1n) is 5.49. The van der Waals surface area contributed by atoms with Crippen LogP contribution in [-0.4, -0.2) is 28.2 Å². The van der Waals surface area contributed by atoms with Gasteiger partial charge in [0, 0.05) is 30.0 Å². The Kier molecular flexibility index (Phi) is 3.45. The molecule has 0 unspecified atom stereocenters. The number of piperidine rings is 1. The van der Waals surface area contributed by atoms with Crippen molar-refractivity contribution >= 4 is 5.97 Å². The Balaban J connectivity index is 2.78. The molecule has 91 valence electrons. The van der Waals surface area contributed by atoms with E-state index in [-0.39, 0.29) is 6.10 Å². The van der Waals surface area contributed by atoms with Gasteiger partial charge in [0.25, 0.3) is 0 Å². The van der Waals surface area contributed by atoms with Crippen LogP contribution in [0.3, 0.4) is 0 Å². The Morgan fingerprint density at radius 1 is 1.31 bits per heavy atom. The van der Waals surface area contributed by atoms with Gasteiger partial charge in [-0.2, -0.15) is 0 Å². The number of esters is 1. The van der Waals surface area contributed by atoms with Gasteiger partial charge >= 0.3 is 5.97 Å². The van der Waals surface area contributed by atoms with E-state index < -0.39 is 17.0 Å². The maximum Gasteiger partial charge on any atom is 0.330 e. The summed E-state index contributed by atoms with van der Waals surface area (Å²) in [5, 5.41) is 13.1. The van der Waals surface area contributed by atoms with Crippen LogP contribution in [0, 0.1) is 0 Å². The second kappa shape index (κ2) is 4.18. The normalized spacial score (nSPS) is 25.1. The van der Waals surface area contributed by atoms with Crippen molar-refractivity contribution in [2.24, 2.45) is 0 Å². The lowest BCUT2D eigenvalue weighted by Gasteiger charge is -2.49. The number of hydroxylamine groups is 2. The molecule has 16 heavy (non-hydrogen) atoms. The number of rotatable bonds is 2. The molecule has 0 aliphatic carbocycles. The fraction of sp³-hybridized carbons (Fsp3) is 0.750. The molecule has 0 spiro atoms. The Labute approximate surface area is 96.8 Å². The monoisotopic (exact) mass is 226 g/mol. The summed E-state index contributed by atoms with van der Waals surface area (Å²) in [5.41, 5.74) is -1.01. The predicted octanol–water partition coefficient (Wildman–Crippen LogP) is 2.08. The number of nitrogens with zero attached hydrogens (tertiary/aromatic N) is 1. The van der Waals surface area contributed by atoms with E-state index in [0.29, 0.717) is 12.8 Å². The molecule has 0 aromatic rings. The van der Waals surface area contributed by atoms with E-state index in [1.807, 2.05) is 27.7 Å². The van der Waals surface area contributed by atoms with Crippen molar-refractivity contribution in [2.45, 2.75) is 57.7 Å². The van der Waals surface area contributed by atoms with E-state index in [2.05, 4.69) is 6.58 Å². The molecule has 4 nitrogen and oxygen atoms in total. The van der Waals surface area contributed by atoms with Gasteiger partial charge in [-0.1, -0.05) is 6.58 Å². The summed E-state index contributed by atoms with van der Waals surface area (Å²) >= 11 is 0. The Bertz CT molecular complexity index is 279. The molecular formula is C12H20NO3. The van der Waals surface area contributed by atoms with E-state index in [1.54, 1.807) is 0 Å². The third-order valence-corrected chi connectivity index (χ3v) is 3.00. The Hall–Kier alpha value is -0.870. The quantitative estimate of drug-likeness (QED) is 0.535. The highest BCUT2D eigenvalue weighted by Gasteiger charge is 2.47. The lowest BCUT2D eigenvalue weighted by molar-refractivity contribution is -0.299. The zero-order valence-electron chi connectivity index (χ0n) is 10.4. The van der Waals surface area contributed by atoms with Crippen LogP contribution in [0.25, 0.3) is 0 Å². The molecule has 1 radical (unpaired) electrons. The summed E-state index contributed by atoms with van der Waals surface area (Å²) < 4.78 is 5.24. The summed E-state index contributed by atoms with van der Waals surface area (Å²) in [6, 6.07) is 0. The van der Waals surface area contributed by atoms with Crippen LogP contribution in [0.1, 0.15) is 40.5 Å². The zero-order valence-corrected chi connectivity index (χ0v) is 10.4. The summed E-state index contributed by atoms with van der Waals surface area (Å²) in [7, 11) is 0. The number of hydrogen-bond acceptors (Lipinski definition) is 3. The molecule has 1 rings (SSSR count). The van der Waals surface area contributed by atoms with E-state index in [4.69, 9.17) is 4.74 Å². The van der Waals surface area contributed by atoms with Gasteiger partial charge in [0.2, 0.25) is 0 Å². The smallest absolute Gasteiger partial charge is 0.330 e. The highest BCUT2D eigenvalue weighted by atomic mass is 16.5. The largest absolute Gasteiger partial charge is 0.459 e. The van der Waals surface area contributed by atoms with Crippen molar-refractivity contribution in [3.63, 3.8) is 0 Å². The predicted molar refractivity (Wildman–Crippen MR) is 60.0 cm³/mol. The number of carbonyl (C=O) groups is 1.